The van der Waals surface area contributed by atoms with Crippen LogP contribution in [0.1, 0.15) is 277 Å². The van der Waals surface area contributed by atoms with Crippen LogP contribution in [0.5, 0.6) is 0 Å². The first kappa shape index (κ1) is 81.2. The first-order chi connectivity index (χ1) is 45.1. The SMILES string of the molecule is C=C(C)C(=O)OCCCCCNC(=O)OC(C)(C)C(COC(C)(C)C(C)(C)CCCCOC(C)(C)CC1(C)CCC2C(C1)C1C(C)C23CC13CC(C)(C)OCCCCC(C)(C)C(C)(C)OCC(c1ccccc1)C(C)(C)OC(=O)NCCCCCOC(=O)C(=C)C)c1ccccc1. The van der Waals surface area contributed by atoms with Crippen LogP contribution in [0, 0.1) is 50.7 Å². The van der Waals surface area contributed by atoms with Crippen molar-refractivity contribution in [2.45, 2.75) is 299 Å². The molecule has 9 atom stereocenters. The summed E-state index contributed by atoms with van der Waals surface area (Å²) in [5, 5.41) is 5.85. The largest absolute Gasteiger partial charge is 0.462 e. The van der Waals surface area contributed by atoms with E-state index < -0.39 is 34.6 Å². The maximum absolute atomic E-state index is 13.2. The van der Waals surface area contributed by atoms with E-state index in [9.17, 15) is 19.2 Å². The van der Waals surface area contributed by atoms with Crippen LogP contribution in [-0.4, -0.2) is 110 Å². The van der Waals surface area contributed by atoms with Gasteiger partial charge in [-0.05, 0) is 262 Å². The molecule has 4 saturated carbocycles. The zero-order chi connectivity index (χ0) is 72.1. The third kappa shape index (κ3) is 21.2. The zero-order valence-corrected chi connectivity index (χ0v) is 64.4. The maximum Gasteiger partial charge on any atom is 0.407 e. The van der Waals surface area contributed by atoms with Crippen LogP contribution in [0.15, 0.2) is 85.0 Å². The Labute approximate surface area is 588 Å². The van der Waals surface area contributed by atoms with Crippen molar-refractivity contribution >= 4 is 24.1 Å². The highest BCUT2D eigenvalue weighted by atomic mass is 16.6. The second-order valence-corrected chi connectivity index (χ2v) is 35.1. The molecule has 97 heavy (non-hydrogen) atoms. The van der Waals surface area contributed by atoms with Crippen molar-refractivity contribution in [3.63, 3.8) is 0 Å². The fraction of sp³-hybridized carbons (Fsp3) is 0.759. The lowest BCUT2D eigenvalue weighted by Gasteiger charge is -2.47. The summed E-state index contributed by atoms with van der Waals surface area (Å²) in [5.41, 5.74) is 0.738. The van der Waals surface area contributed by atoms with Gasteiger partial charge in [-0.2, -0.15) is 0 Å². The molecule has 0 aliphatic heterocycles. The number of unbranched alkanes of at least 4 members (excludes halogenated alkanes) is 6. The number of hydrogen-bond acceptors (Lipinski definition) is 12. The average molecular weight is 1350 g/mol. The first-order valence-electron chi connectivity index (χ1n) is 37.3. The van der Waals surface area contributed by atoms with Crippen LogP contribution < -0.4 is 10.6 Å². The Morgan fingerprint density at radius 1 is 0.536 bits per heavy atom. The summed E-state index contributed by atoms with van der Waals surface area (Å²) in [7, 11) is 0. The van der Waals surface area contributed by atoms with E-state index in [1.165, 1.54) is 25.7 Å². The van der Waals surface area contributed by atoms with Crippen LogP contribution in [0.4, 0.5) is 9.59 Å². The van der Waals surface area contributed by atoms with E-state index in [0.717, 1.165) is 125 Å². The summed E-state index contributed by atoms with van der Waals surface area (Å²) in [6, 6.07) is 20.4. The molecule has 2 amide bonds. The minimum Gasteiger partial charge on any atom is -0.462 e. The zero-order valence-electron chi connectivity index (χ0n) is 64.4. The number of esters is 2. The molecule has 2 bridgehead atoms. The van der Waals surface area contributed by atoms with Crippen molar-refractivity contribution in [3.05, 3.63) is 96.1 Å². The predicted octanol–water partition coefficient (Wildman–Crippen LogP) is 19.6. The molecule has 0 aromatic heterocycles. The van der Waals surface area contributed by atoms with Gasteiger partial charge in [0, 0.05) is 49.3 Å². The second kappa shape index (κ2) is 33.4. The van der Waals surface area contributed by atoms with Gasteiger partial charge in [-0.1, -0.05) is 128 Å². The molecule has 2 aromatic rings. The van der Waals surface area contributed by atoms with Crippen molar-refractivity contribution in [2.24, 2.45) is 50.7 Å². The van der Waals surface area contributed by atoms with E-state index in [4.69, 9.17) is 37.9 Å². The number of fused-ring (bicyclic) bond motifs is 2. The highest BCUT2D eigenvalue weighted by Gasteiger charge is 2.91. The highest BCUT2D eigenvalue weighted by molar-refractivity contribution is 5.87. The lowest BCUT2D eigenvalue weighted by molar-refractivity contribution is -0.139. The van der Waals surface area contributed by atoms with Gasteiger partial charge >= 0.3 is 24.1 Å². The van der Waals surface area contributed by atoms with Gasteiger partial charge in [0.1, 0.15) is 11.2 Å². The quantitative estimate of drug-likeness (QED) is 0.0279. The summed E-state index contributed by atoms with van der Waals surface area (Å²) in [5.74, 6) is 2.04. The van der Waals surface area contributed by atoms with E-state index in [1.807, 2.05) is 64.1 Å². The summed E-state index contributed by atoms with van der Waals surface area (Å²) in [4.78, 5) is 49.7. The fourth-order valence-electron chi connectivity index (χ4n) is 17.6. The van der Waals surface area contributed by atoms with E-state index in [-0.39, 0.29) is 51.2 Å². The minimum atomic E-state index is -0.860. The number of rotatable bonds is 44. The third-order valence-corrected chi connectivity index (χ3v) is 24.4. The van der Waals surface area contributed by atoms with Crippen LogP contribution in [0.25, 0.3) is 0 Å². The Hall–Kier alpha value is -4.76. The standard InChI is InChI=1S/C83H134N2O12/c1-59(2)69(86)90-49-35-25-33-47-84-71(88)96-77(14,15)66(62-39-27-23-28-40-62)54-94-79(18,19)73(6,7)44-31-37-51-92-75(10,11)56-81(22)46-43-65-64(53-81)68-61(5)83(65)58-82(68,83)57-76(12,13)93-52-38-32-45-74(8,9)80(20,21)95-55-67(63-41-29-24-30-42-63)78(16,17)97-72(89)85-48-34-26-36-50-91-70(87)60(3)4/h23-24,27-30,39-42,61,64-68H,1,3,25-26,31-38,43-58H2,2,4-22H3,(H,84,88)(H,85,89). The summed E-state index contributed by atoms with van der Waals surface area (Å²) in [6.45, 7) is 54.8. The normalized spacial score (nSPS) is 23.2. The highest BCUT2D eigenvalue weighted by Crippen LogP contribution is 2.96. The van der Waals surface area contributed by atoms with Crippen LogP contribution in [-0.2, 0) is 47.5 Å². The van der Waals surface area contributed by atoms with E-state index in [2.05, 4.69) is 145 Å². The molecular weight excluding hydrogens is 1220 g/mol. The smallest absolute Gasteiger partial charge is 0.407 e. The van der Waals surface area contributed by atoms with Crippen molar-refractivity contribution in [1.29, 1.82) is 0 Å². The molecule has 4 aliphatic rings. The molecular formula is C83H134N2O12. The topological polar surface area (TPSA) is 166 Å². The monoisotopic (exact) mass is 1350 g/mol. The number of carbonyl (C=O) groups is 4. The third-order valence-electron chi connectivity index (χ3n) is 24.4. The van der Waals surface area contributed by atoms with Gasteiger partial charge in [0.15, 0.2) is 0 Å². The number of benzene rings is 2. The summed E-state index contributed by atoms with van der Waals surface area (Å²) in [6.07, 6.45) is 17.2. The summed E-state index contributed by atoms with van der Waals surface area (Å²) < 4.78 is 50.3. The fourth-order valence-corrected chi connectivity index (χ4v) is 17.6. The molecule has 14 nitrogen and oxygen atoms in total. The molecule has 4 fully saturated rings. The van der Waals surface area contributed by atoms with Gasteiger partial charge in [0.2, 0.25) is 0 Å². The van der Waals surface area contributed by atoms with Crippen LogP contribution in [0.2, 0.25) is 0 Å². The van der Waals surface area contributed by atoms with E-state index in [1.54, 1.807) is 13.8 Å². The van der Waals surface area contributed by atoms with Gasteiger partial charge in [-0.3, -0.25) is 0 Å². The molecule has 2 aromatic carbocycles. The number of ether oxygens (including phenoxy) is 8. The Morgan fingerprint density at radius 3 is 1.35 bits per heavy atom. The lowest BCUT2D eigenvalue weighted by Crippen LogP contribution is -2.46. The lowest BCUT2D eigenvalue weighted by atomic mass is 9.59. The Bertz CT molecular complexity index is 2890. The molecule has 6 rings (SSSR count). The molecule has 4 aliphatic carbocycles. The van der Waals surface area contributed by atoms with Crippen molar-refractivity contribution < 1.29 is 57.1 Å². The minimum absolute atomic E-state index is 0.139. The molecule has 0 heterocycles. The second-order valence-electron chi connectivity index (χ2n) is 35.1. The van der Waals surface area contributed by atoms with Crippen molar-refractivity contribution in [1.82, 2.24) is 10.6 Å². The predicted molar refractivity (Wildman–Crippen MR) is 390 cm³/mol. The van der Waals surface area contributed by atoms with Crippen molar-refractivity contribution in [3.8, 4) is 0 Å². The summed E-state index contributed by atoms with van der Waals surface area (Å²) >= 11 is 0. The van der Waals surface area contributed by atoms with Gasteiger partial charge in [0.05, 0.1) is 48.8 Å². The molecule has 0 spiro atoms. The average Bonchev–Trinajstić information content (AvgIpc) is 1.42. The number of alkyl carbamates (subject to hydrolysis) is 2. The molecule has 2 N–H and O–H groups in total. The Kier molecular flexibility index (Phi) is 27.9. The van der Waals surface area contributed by atoms with Gasteiger partial charge in [-0.15, -0.1) is 0 Å². The number of hydrogen-bond donors (Lipinski definition) is 2. The molecule has 0 radical (unpaired) electrons. The molecule has 14 heteroatoms. The Balaban J connectivity index is 0.907. The number of nitrogens with one attached hydrogen (secondary N) is 2. The van der Waals surface area contributed by atoms with Gasteiger partial charge in [-0.25, -0.2) is 19.2 Å². The van der Waals surface area contributed by atoms with Crippen LogP contribution >= 0.6 is 0 Å². The number of amides is 2. The van der Waals surface area contributed by atoms with Crippen molar-refractivity contribution in [2.75, 3.05) is 52.7 Å². The van der Waals surface area contributed by atoms with E-state index >= 15 is 0 Å². The molecule has 0 saturated heterocycles. The van der Waals surface area contributed by atoms with Gasteiger partial charge < -0.3 is 48.5 Å². The van der Waals surface area contributed by atoms with E-state index in [0.29, 0.717) is 74.3 Å². The van der Waals surface area contributed by atoms with Crippen LogP contribution in [0.3, 0.4) is 0 Å². The Morgan fingerprint density at radius 2 is 0.938 bits per heavy atom. The molecule has 548 valence electrons. The molecule has 9 unspecified atom stereocenters. The first-order valence-corrected chi connectivity index (χ1v) is 37.3. The number of carbonyl (C=O) groups excluding carboxylic acids is 4. The maximum atomic E-state index is 13.2. The van der Waals surface area contributed by atoms with Gasteiger partial charge in [0.25, 0.3) is 0 Å².